The topological polar surface area (TPSA) is 63.9 Å². The van der Waals surface area contributed by atoms with Crippen LogP contribution < -0.4 is 0 Å². The first kappa shape index (κ1) is 18.4. The van der Waals surface area contributed by atoms with Crippen molar-refractivity contribution in [2.75, 3.05) is 18.8 Å². The minimum absolute atomic E-state index is 0.210. The highest BCUT2D eigenvalue weighted by atomic mass is 32.2. The molecule has 0 saturated heterocycles. The number of hydrogen-bond donors (Lipinski definition) is 0. The van der Waals surface area contributed by atoms with Crippen LogP contribution in [0.25, 0.3) is 5.69 Å². The Morgan fingerprint density at radius 2 is 1.88 bits per heavy atom. The van der Waals surface area contributed by atoms with Crippen molar-refractivity contribution in [1.29, 1.82) is 0 Å². The predicted molar refractivity (Wildman–Crippen MR) is 97.2 cm³/mol. The normalized spacial score (nSPS) is 10.8. The Kier molecular flexibility index (Phi) is 7.24. The molecule has 0 aliphatic carbocycles. The summed E-state index contributed by atoms with van der Waals surface area (Å²) in [6, 6.07) is 8.26. The molecule has 0 saturated carbocycles. The third-order valence-electron chi connectivity index (χ3n) is 3.93. The molecule has 130 valence electrons. The lowest BCUT2D eigenvalue weighted by atomic mass is 10.1. The Hall–Kier alpha value is -1.89. The maximum absolute atomic E-state index is 12.0. The van der Waals surface area contributed by atoms with E-state index in [1.54, 1.807) is 16.4 Å². The lowest BCUT2D eigenvalue weighted by Crippen LogP contribution is -2.30. The summed E-state index contributed by atoms with van der Waals surface area (Å²) in [4.78, 5) is 13.8. The Labute approximate surface area is 147 Å². The number of hydrogen-bond acceptors (Lipinski definition) is 5. The zero-order valence-corrected chi connectivity index (χ0v) is 15.4. The van der Waals surface area contributed by atoms with Crippen LogP contribution in [0.1, 0.15) is 38.6 Å². The fraction of sp³-hybridized carbons (Fsp3) is 0.529. The second-order valence-electron chi connectivity index (χ2n) is 5.40. The van der Waals surface area contributed by atoms with E-state index in [2.05, 4.69) is 34.6 Å². The van der Waals surface area contributed by atoms with Gasteiger partial charge in [0.1, 0.15) is 0 Å². The highest BCUT2D eigenvalue weighted by molar-refractivity contribution is 7.98. The van der Waals surface area contributed by atoms with Crippen LogP contribution in [0.5, 0.6) is 0 Å². The molecule has 0 atom stereocenters. The van der Waals surface area contributed by atoms with Crippen LogP contribution in [0, 0.1) is 0 Å². The number of tetrazole rings is 1. The molecule has 1 heterocycles. The summed E-state index contributed by atoms with van der Waals surface area (Å²) in [5.74, 6) is 2.48. The Balaban J connectivity index is 1.88. The van der Waals surface area contributed by atoms with Gasteiger partial charge in [-0.1, -0.05) is 19.1 Å². The molecule has 0 aliphatic rings. The summed E-state index contributed by atoms with van der Waals surface area (Å²) < 4.78 is 1.76. The van der Waals surface area contributed by atoms with Crippen LogP contribution in [0.15, 0.2) is 24.3 Å². The van der Waals surface area contributed by atoms with Gasteiger partial charge >= 0.3 is 0 Å². The smallest absolute Gasteiger partial charge is 0.223 e. The second kappa shape index (κ2) is 9.42. The minimum Gasteiger partial charge on any atom is -0.343 e. The molecule has 6 nitrogen and oxygen atoms in total. The fourth-order valence-corrected chi connectivity index (χ4v) is 3.25. The monoisotopic (exact) mass is 347 g/mol. The summed E-state index contributed by atoms with van der Waals surface area (Å²) in [6.45, 7) is 7.69. The van der Waals surface area contributed by atoms with Crippen molar-refractivity contribution in [3.05, 3.63) is 35.7 Å². The van der Waals surface area contributed by atoms with Crippen LogP contribution in [-0.2, 0) is 17.0 Å². The van der Waals surface area contributed by atoms with Gasteiger partial charge in [0.2, 0.25) is 5.91 Å². The number of carbonyl (C=O) groups is 1. The van der Waals surface area contributed by atoms with E-state index < -0.39 is 0 Å². The summed E-state index contributed by atoms with van der Waals surface area (Å²) >= 11 is 1.68. The predicted octanol–water partition coefficient (Wildman–Crippen LogP) is 2.72. The van der Waals surface area contributed by atoms with Gasteiger partial charge < -0.3 is 4.90 Å². The van der Waals surface area contributed by atoms with Crippen molar-refractivity contribution >= 4 is 17.7 Å². The highest BCUT2D eigenvalue weighted by Crippen LogP contribution is 2.15. The van der Waals surface area contributed by atoms with Gasteiger partial charge in [0.15, 0.2) is 5.82 Å². The molecule has 1 aromatic carbocycles. The number of amides is 1. The van der Waals surface area contributed by atoms with Gasteiger partial charge in [-0.3, -0.25) is 4.79 Å². The van der Waals surface area contributed by atoms with Crippen molar-refractivity contribution < 1.29 is 4.79 Å². The summed E-state index contributed by atoms with van der Waals surface area (Å²) in [7, 11) is 0. The zero-order valence-electron chi connectivity index (χ0n) is 14.6. The maximum atomic E-state index is 12.0. The SMILES string of the molecule is CCc1ccc(-n2nnnc2CSCCC(=O)N(CC)CC)cc1. The third-order valence-corrected chi connectivity index (χ3v) is 4.89. The van der Waals surface area contributed by atoms with E-state index in [1.165, 1.54) is 5.56 Å². The van der Waals surface area contributed by atoms with Crippen molar-refractivity contribution in [3.63, 3.8) is 0 Å². The van der Waals surface area contributed by atoms with Gasteiger partial charge in [0, 0.05) is 25.3 Å². The molecule has 1 aromatic heterocycles. The Bertz CT molecular complexity index is 637. The number of aromatic nitrogens is 4. The summed E-state index contributed by atoms with van der Waals surface area (Å²) in [5, 5.41) is 12.0. The van der Waals surface area contributed by atoms with Gasteiger partial charge in [-0.05, 0) is 48.4 Å². The molecule has 0 unspecified atom stereocenters. The molecule has 0 fully saturated rings. The molecule has 0 radical (unpaired) electrons. The van der Waals surface area contributed by atoms with Gasteiger partial charge in [-0.25, -0.2) is 0 Å². The molecule has 2 aromatic rings. The van der Waals surface area contributed by atoms with Gasteiger partial charge in [-0.15, -0.1) is 5.10 Å². The first-order valence-electron chi connectivity index (χ1n) is 8.41. The van der Waals surface area contributed by atoms with E-state index in [1.807, 2.05) is 30.9 Å². The summed E-state index contributed by atoms with van der Waals surface area (Å²) in [5.41, 5.74) is 2.25. The molecule has 0 N–H and O–H groups in total. The molecule has 1 amide bonds. The first-order chi connectivity index (χ1) is 11.7. The molecule has 24 heavy (non-hydrogen) atoms. The van der Waals surface area contributed by atoms with E-state index in [-0.39, 0.29) is 5.91 Å². The minimum atomic E-state index is 0.210. The molecule has 7 heteroatoms. The molecule has 2 rings (SSSR count). The van der Waals surface area contributed by atoms with Crippen LogP contribution in [-0.4, -0.2) is 49.9 Å². The number of rotatable bonds is 9. The standard InChI is InChI=1S/C17H25N5OS/c1-4-14-7-9-15(10-8-14)22-16(18-19-20-22)13-24-12-11-17(23)21(5-2)6-3/h7-10H,4-6,11-13H2,1-3H3. The fourth-order valence-electron chi connectivity index (χ4n) is 2.43. The van der Waals surface area contributed by atoms with Crippen LogP contribution in [0.3, 0.4) is 0 Å². The van der Waals surface area contributed by atoms with Crippen molar-refractivity contribution in [1.82, 2.24) is 25.1 Å². The lowest BCUT2D eigenvalue weighted by Gasteiger charge is -2.18. The quantitative estimate of drug-likeness (QED) is 0.653. The van der Waals surface area contributed by atoms with E-state index in [0.717, 1.165) is 36.8 Å². The molecule has 0 spiro atoms. The van der Waals surface area contributed by atoms with Crippen molar-refractivity contribution in [3.8, 4) is 5.69 Å². The second-order valence-corrected chi connectivity index (χ2v) is 6.50. The number of aryl methyl sites for hydroxylation is 1. The Morgan fingerprint density at radius 1 is 1.17 bits per heavy atom. The Morgan fingerprint density at radius 3 is 2.50 bits per heavy atom. The van der Waals surface area contributed by atoms with Crippen LogP contribution in [0.4, 0.5) is 0 Å². The average Bonchev–Trinajstić information content (AvgIpc) is 3.08. The molecular weight excluding hydrogens is 322 g/mol. The van der Waals surface area contributed by atoms with Gasteiger partial charge in [0.05, 0.1) is 11.4 Å². The molecule has 0 bridgehead atoms. The zero-order chi connectivity index (χ0) is 17.4. The largest absolute Gasteiger partial charge is 0.343 e. The highest BCUT2D eigenvalue weighted by Gasteiger charge is 2.11. The summed E-state index contributed by atoms with van der Waals surface area (Å²) in [6.07, 6.45) is 1.57. The lowest BCUT2D eigenvalue weighted by molar-refractivity contribution is -0.130. The van der Waals surface area contributed by atoms with E-state index in [4.69, 9.17) is 0 Å². The van der Waals surface area contributed by atoms with Crippen LogP contribution in [0.2, 0.25) is 0 Å². The van der Waals surface area contributed by atoms with Gasteiger partial charge in [-0.2, -0.15) is 16.4 Å². The number of carbonyl (C=O) groups excluding carboxylic acids is 1. The number of benzene rings is 1. The van der Waals surface area contributed by atoms with Crippen molar-refractivity contribution in [2.45, 2.75) is 39.4 Å². The van der Waals surface area contributed by atoms with E-state index in [9.17, 15) is 4.79 Å². The number of thioether (sulfide) groups is 1. The molecule has 0 aliphatic heterocycles. The maximum Gasteiger partial charge on any atom is 0.223 e. The van der Waals surface area contributed by atoms with Crippen molar-refractivity contribution in [2.24, 2.45) is 0 Å². The number of nitrogens with zero attached hydrogens (tertiary/aromatic N) is 5. The van der Waals surface area contributed by atoms with E-state index in [0.29, 0.717) is 12.2 Å². The third kappa shape index (κ3) is 4.80. The van der Waals surface area contributed by atoms with E-state index >= 15 is 0 Å². The average molecular weight is 347 g/mol. The van der Waals surface area contributed by atoms with Crippen LogP contribution >= 0.6 is 11.8 Å². The first-order valence-corrected chi connectivity index (χ1v) is 9.57. The molecular formula is C17H25N5OS. The van der Waals surface area contributed by atoms with Gasteiger partial charge in [0.25, 0.3) is 0 Å².